The van der Waals surface area contributed by atoms with Crippen LogP contribution < -0.4 is 4.90 Å². The van der Waals surface area contributed by atoms with Gasteiger partial charge in [0.05, 0.1) is 10.6 Å². The lowest BCUT2D eigenvalue weighted by atomic mass is 10.2. The lowest BCUT2D eigenvalue weighted by Gasteiger charge is -2.20. The van der Waals surface area contributed by atoms with Crippen LogP contribution in [0.25, 0.3) is 0 Å². The van der Waals surface area contributed by atoms with Crippen molar-refractivity contribution in [3.05, 3.63) is 58.0 Å². The maximum Gasteiger partial charge on any atom is 0.339 e. The largest absolute Gasteiger partial charge is 0.478 e. The monoisotopic (exact) mass is 291 g/mol. The molecule has 0 aliphatic carbocycles. The van der Waals surface area contributed by atoms with Crippen molar-refractivity contribution in [1.82, 2.24) is 4.98 Å². The number of hydrogen-bond donors (Lipinski definition) is 1. The van der Waals surface area contributed by atoms with Crippen LogP contribution in [0.2, 0.25) is 0 Å². The first kappa shape index (κ1) is 14.4. The molecule has 0 amide bonds. The van der Waals surface area contributed by atoms with Gasteiger partial charge in [0.2, 0.25) is 0 Å². The van der Waals surface area contributed by atoms with Crippen LogP contribution in [0.5, 0.6) is 0 Å². The molecule has 1 aromatic heterocycles. The van der Waals surface area contributed by atoms with Crippen molar-refractivity contribution in [2.45, 2.75) is 0 Å². The van der Waals surface area contributed by atoms with E-state index in [0.717, 1.165) is 12.3 Å². The molecule has 21 heavy (non-hydrogen) atoms. The first-order valence-corrected chi connectivity index (χ1v) is 5.78. The number of anilines is 2. The summed E-state index contributed by atoms with van der Waals surface area (Å²) in [4.78, 5) is 26.2. The summed E-state index contributed by atoms with van der Waals surface area (Å²) in [6.45, 7) is 0. The van der Waals surface area contributed by atoms with Crippen LogP contribution in [-0.4, -0.2) is 28.0 Å². The average molecular weight is 291 g/mol. The molecule has 0 aliphatic heterocycles. The van der Waals surface area contributed by atoms with Gasteiger partial charge < -0.3 is 10.0 Å². The minimum atomic E-state index is -1.38. The summed E-state index contributed by atoms with van der Waals surface area (Å²) >= 11 is 0. The Morgan fingerprint density at radius 3 is 2.67 bits per heavy atom. The van der Waals surface area contributed by atoms with E-state index in [-0.39, 0.29) is 17.1 Å². The third-order valence-corrected chi connectivity index (χ3v) is 2.82. The summed E-state index contributed by atoms with van der Waals surface area (Å²) < 4.78 is 13.7. The molecule has 1 N–H and O–H groups in total. The molecule has 1 aromatic carbocycles. The number of nitro groups is 1. The highest BCUT2D eigenvalue weighted by molar-refractivity contribution is 5.95. The van der Waals surface area contributed by atoms with Gasteiger partial charge in [-0.1, -0.05) is 12.1 Å². The summed E-state index contributed by atoms with van der Waals surface area (Å²) in [6.07, 6.45) is 0.930. The number of rotatable bonds is 4. The van der Waals surface area contributed by atoms with Crippen molar-refractivity contribution in [3.8, 4) is 0 Å². The lowest BCUT2D eigenvalue weighted by molar-refractivity contribution is -0.385. The zero-order valence-corrected chi connectivity index (χ0v) is 10.9. The SMILES string of the molecule is CN(c1ccccc1F)c1ncc([N+](=O)[O-])cc1C(=O)O. The number of aromatic carboxylic acids is 1. The number of halogens is 1. The van der Waals surface area contributed by atoms with Gasteiger partial charge in [-0.15, -0.1) is 0 Å². The number of aromatic nitrogens is 1. The van der Waals surface area contributed by atoms with Gasteiger partial charge >= 0.3 is 5.97 Å². The number of para-hydroxylation sites is 1. The number of nitrogens with zero attached hydrogens (tertiary/aromatic N) is 3. The van der Waals surface area contributed by atoms with Gasteiger partial charge in [0.1, 0.15) is 23.4 Å². The molecule has 0 unspecified atom stereocenters. The van der Waals surface area contributed by atoms with Crippen LogP contribution in [0.1, 0.15) is 10.4 Å². The molecular weight excluding hydrogens is 281 g/mol. The molecule has 0 radical (unpaired) electrons. The molecule has 0 spiro atoms. The fraction of sp³-hybridized carbons (Fsp3) is 0.0769. The topological polar surface area (TPSA) is 96.6 Å². The van der Waals surface area contributed by atoms with E-state index in [1.54, 1.807) is 6.07 Å². The number of pyridine rings is 1. The summed E-state index contributed by atoms with van der Waals surface area (Å²) in [5.41, 5.74) is -0.714. The van der Waals surface area contributed by atoms with E-state index >= 15 is 0 Å². The highest BCUT2D eigenvalue weighted by atomic mass is 19.1. The molecule has 1 heterocycles. The Kier molecular flexibility index (Phi) is 3.79. The Bertz CT molecular complexity index is 720. The molecule has 0 fully saturated rings. The number of carboxylic acid groups (broad SMARTS) is 1. The van der Waals surface area contributed by atoms with Gasteiger partial charge in [-0.2, -0.15) is 0 Å². The molecule has 2 rings (SSSR count). The van der Waals surface area contributed by atoms with Crippen LogP contribution in [0.4, 0.5) is 21.6 Å². The second-order valence-corrected chi connectivity index (χ2v) is 4.14. The van der Waals surface area contributed by atoms with Crippen LogP contribution in [0.15, 0.2) is 36.5 Å². The van der Waals surface area contributed by atoms with E-state index in [1.807, 2.05) is 0 Å². The van der Waals surface area contributed by atoms with E-state index in [0.29, 0.717) is 0 Å². The summed E-state index contributed by atoms with van der Waals surface area (Å²) in [5, 5.41) is 19.8. The minimum Gasteiger partial charge on any atom is -0.478 e. The van der Waals surface area contributed by atoms with E-state index < -0.39 is 22.4 Å². The highest BCUT2D eigenvalue weighted by Crippen LogP contribution is 2.29. The smallest absolute Gasteiger partial charge is 0.339 e. The van der Waals surface area contributed by atoms with Crippen molar-refractivity contribution in [3.63, 3.8) is 0 Å². The lowest BCUT2D eigenvalue weighted by Crippen LogP contribution is -2.17. The van der Waals surface area contributed by atoms with Gasteiger partial charge in [0.15, 0.2) is 0 Å². The number of benzene rings is 1. The minimum absolute atomic E-state index is 0.0850. The van der Waals surface area contributed by atoms with Crippen LogP contribution in [-0.2, 0) is 0 Å². The second kappa shape index (κ2) is 5.53. The quantitative estimate of drug-likeness (QED) is 0.687. The van der Waals surface area contributed by atoms with Crippen molar-refractivity contribution >= 4 is 23.2 Å². The number of hydrogen-bond acceptors (Lipinski definition) is 5. The summed E-state index contributed by atoms with van der Waals surface area (Å²) in [7, 11) is 1.43. The third kappa shape index (κ3) is 2.78. The molecular formula is C13H10FN3O4. The average Bonchev–Trinajstić information content (AvgIpc) is 2.46. The van der Waals surface area contributed by atoms with Gasteiger partial charge in [-0.05, 0) is 12.1 Å². The standard InChI is InChI=1S/C13H10FN3O4/c1-16(11-5-3-2-4-10(11)14)12-9(13(18)19)6-8(7-15-12)17(20)21/h2-7H,1H3,(H,18,19). The first-order chi connectivity index (χ1) is 9.91. The Morgan fingerprint density at radius 2 is 2.10 bits per heavy atom. The first-order valence-electron chi connectivity index (χ1n) is 5.78. The predicted molar refractivity (Wildman–Crippen MR) is 72.3 cm³/mol. The molecule has 7 nitrogen and oxygen atoms in total. The van der Waals surface area contributed by atoms with Gasteiger partial charge in [0.25, 0.3) is 5.69 Å². The maximum absolute atomic E-state index is 13.7. The van der Waals surface area contributed by atoms with Crippen LogP contribution in [0, 0.1) is 15.9 Å². The molecule has 0 bridgehead atoms. The fourth-order valence-corrected chi connectivity index (χ4v) is 1.81. The van der Waals surface area contributed by atoms with Crippen molar-refractivity contribution in [2.75, 3.05) is 11.9 Å². The molecule has 0 aliphatic rings. The van der Waals surface area contributed by atoms with E-state index in [2.05, 4.69) is 4.98 Å². The second-order valence-electron chi connectivity index (χ2n) is 4.14. The fourth-order valence-electron chi connectivity index (χ4n) is 1.81. The van der Waals surface area contributed by atoms with Crippen LogP contribution in [0.3, 0.4) is 0 Å². The Labute approximate surface area is 118 Å². The molecule has 0 atom stereocenters. The van der Waals surface area contributed by atoms with E-state index in [1.165, 1.54) is 30.1 Å². The van der Waals surface area contributed by atoms with Gasteiger partial charge in [0, 0.05) is 13.1 Å². The molecule has 8 heteroatoms. The number of carbonyl (C=O) groups is 1. The molecule has 2 aromatic rings. The maximum atomic E-state index is 13.7. The Hall–Kier alpha value is -3.03. The Morgan fingerprint density at radius 1 is 1.43 bits per heavy atom. The van der Waals surface area contributed by atoms with Crippen molar-refractivity contribution in [1.29, 1.82) is 0 Å². The van der Waals surface area contributed by atoms with Crippen molar-refractivity contribution < 1.29 is 19.2 Å². The predicted octanol–water partition coefficient (Wildman–Crippen LogP) is 2.60. The zero-order chi connectivity index (χ0) is 15.6. The third-order valence-electron chi connectivity index (χ3n) is 2.82. The summed E-state index contributed by atoms with van der Waals surface area (Å²) in [5.74, 6) is -2.03. The van der Waals surface area contributed by atoms with Crippen molar-refractivity contribution in [2.24, 2.45) is 0 Å². The highest BCUT2D eigenvalue weighted by Gasteiger charge is 2.21. The van der Waals surface area contributed by atoms with E-state index in [4.69, 9.17) is 5.11 Å². The number of carboxylic acids is 1. The molecule has 108 valence electrons. The van der Waals surface area contributed by atoms with Crippen LogP contribution >= 0.6 is 0 Å². The van der Waals surface area contributed by atoms with Gasteiger partial charge in [-0.3, -0.25) is 10.1 Å². The summed E-state index contributed by atoms with van der Waals surface area (Å²) in [6, 6.07) is 6.64. The molecule has 0 saturated carbocycles. The van der Waals surface area contributed by atoms with E-state index in [9.17, 15) is 19.3 Å². The van der Waals surface area contributed by atoms with Gasteiger partial charge in [-0.25, -0.2) is 14.2 Å². The Balaban J connectivity index is 2.55. The molecule has 0 saturated heterocycles. The zero-order valence-electron chi connectivity index (χ0n) is 10.9. The normalized spacial score (nSPS) is 10.2.